The van der Waals surface area contributed by atoms with Crippen LogP contribution >= 0.6 is 35.6 Å². The van der Waals surface area contributed by atoms with Gasteiger partial charge in [0.1, 0.15) is 0 Å². The highest BCUT2D eigenvalue weighted by Gasteiger charge is 2.06. The summed E-state index contributed by atoms with van der Waals surface area (Å²) in [6.45, 7) is 4.32. The first kappa shape index (κ1) is 17.5. The van der Waals surface area contributed by atoms with Gasteiger partial charge in [-0.25, -0.2) is 0 Å². The maximum atomic E-state index is 11.6. The van der Waals surface area contributed by atoms with Crippen LogP contribution in [0.25, 0.3) is 0 Å². The largest absolute Gasteiger partial charge is 0.355 e. The first-order valence-corrected chi connectivity index (χ1v) is 6.30. The fourth-order valence-corrected chi connectivity index (χ4v) is 1.84. The fraction of sp³-hybridized carbons (Fsp3) is 0.417. The van der Waals surface area contributed by atoms with Gasteiger partial charge in [-0.2, -0.15) is 0 Å². The molecule has 0 saturated heterocycles. The lowest BCUT2D eigenvalue weighted by Crippen LogP contribution is -2.32. The van der Waals surface area contributed by atoms with E-state index in [0.717, 1.165) is 18.7 Å². The third kappa shape index (κ3) is 6.45. The van der Waals surface area contributed by atoms with Gasteiger partial charge in [-0.05, 0) is 24.2 Å². The summed E-state index contributed by atoms with van der Waals surface area (Å²) in [4.78, 5) is 11.6. The molecule has 0 atom stereocenters. The van der Waals surface area contributed by atoms with Gasteiger partial charge < -0.3 is 10.6 Å². The Kier molecular flexibility index (Phi) is 9.20. The molecule has 6 heteroatoms. The zero-order valence-corrected chi connectivity index (χ0v) is 12.5. The summed E-state index contributed by atoms with van der Waals surface area (Å²) in [7, 11) is 0. The van der Waals surface area contributed by atoms with Crippen LogP contribution in [-0.2, 0) is 11.2 Å². The predicted molar refractivity (Wildman–Crippen MR) is 79.0 cm³/mol. The lowest BCUT2D eigenvalue weighted by molar-refractivity contribution is -0.120. The van der Waals surface area contributed by atoms with E-state index < -0.39 is 0 Å². The molecule has 0 aliphatic carbocycles. The molecule has 2 N–H and O–H groups in total. The Hall–Kier alpha value is -0.480. The van der Waals surface area contributed by atoms with E-state index in [0.29, 0.717) is 16.6 Å². The minimum atomic E-state index is -0.0351. The maximum Gasteiger partial charge on any atom is 0.224 e. The van der Waals surface area contributed by atoms with Crippen molar-refractivity contribution in [1.29, 1.82) is 0 Å². The highest BCUT2D eigenvalue weighted by Crippen LogP contribution is 2.21. The molecule has 1 amide bonds. The molecule has 0 heterocycles. The minimum absolute atomic E-state index is 0. The van der Waals surface area contributed by atoms with E-state index >= 15 is 0 Å². The number of amides is 1. The van der Waals surface area contributed by atoms with Crippen LogP contribution in [0.4, 0.5) is 0 Å². The number of carbonyl (C=O) groups is 1. The van der Waals surface area contributed by atoms with E-state index in [4.69, 9.17) is 23.2 Å². The van der Waals surface area contributed by atoms with E-state index in [1.165, 1.54) is 0 Å². The standard InChI is InChI=1S/C12H16Cl2N2O.ClH/c1-2-15-5-6-16-12(17)7-9-3-4-10(13)8-11(9)14;/h3-4,8,15H,2,5-7H2,1H3,(H,16,17);1H. The topological polar surface area (TPSA) is 41.1 Å². The van der Waals surface area contributed by atoms with Gasteiger partial charge >= 0.3 is 0 Å². The molecule has 0 saturated carbocycles. The van der Waals surface area contributed by atoms with Crippen LogP contribution in [0.2, 0.25) is 10.0 Å². The van der Waals surface area contributed by atoms with Crippen molar-refractivity contribution in [2.45, 2.75) is 13.3 Å². The number of nitrogens with one attached hydrogen (secondary N) is 2. The highest BCUT2D eigenvalue weighted by atomic mass is 35.5. The molecule has 0 spiro atoms. The molecule has 1 aromatic rings. The normalized spacial score (nSPS) is 9.72. The van der Waals surface area contributed by atoms with Crippen LogP contribution in [-0.4, -0.2) is 25.5 Å². The Labute approximate surface area is 124 Å². The predicted octanol–water partition coefficient (Wildman–Crippen LogP) is 2.68. The molecule has 0 fully saturated rings. The second-order valence-corrected chi connectivity index (χ2v) is 4.46. The molecule has 0 radical (unpaired) electrons. The minimum Gasteiger partial charge on any atom is -0.355 e. The number of carbonyl (C=O) groups excluding carboxylic acids is 1. The first-order chi connectivity index (χ1) is 8.13. The molecule has 0 aliphatic heterocycles. The van der Waals surface area contributed by atoms with Crippen LogP contribution in [0.1, 0.15) is 12.5 Å². The van der Waals surface area contributed by atoms with Crippen LogP contribution in [0.5, 0.6) is 0 Å². The summed E-state index contributed by atoms with van der Waals surface area (Å²) in [6, 6.07) is 5.15. The summed E-state index contributed by atoms with van der Waals surface area (Å²) in [5.74, 6) is -0.0351. The number of benzene rings is 1. The molecule has 3 nitrogen and oxygen atoms in total. The van der Waals surface area contributed by atoms with E-state index in [1.54, 1.807) is 18.2 Å². The summed E-state index contributed by atoms with van der Waals surface area (Å²) >= 11 is 11.8. The Morgan fingerprint density at radius 2 is 2.00 bits per heavy atom. The SMILES string of the molecule is CCNCCNC(=O)Cc1ccc(Cl)cc1Cl.Cl. The zero-order chi connectivity index (χ0) is 12.7. The van der Waals surface area contributed by atoms with Gasteiger partial charge in [0.05, 0.1) is 6.42 Å². The summed E-state index contributed by atoms with van der Waals surface area (Å²) in [5.41, 5.74) is 0.789. The van der Waals surface area contributed by atoms with Gasteiger partial charge in [0.2, 0.25) is 5.91 Å². The maximum absolute atomic E-state index is 11.6. The van der Waals surface area contributed by atoms with Gasteiger partial charge in [-0.3, -0.25) is 4.79 Å². The van der Waals surface area contributed by atoms with Crippen molar-refractivity contribution in [2.24, 2.45) is 0 Å². The van der Waals surface area contributed by atoms with E-state index in [2.05, 4.69) is 10.6 Å². The summed E-state index contributed by atoms with van der Waals surface area (Å²) < 4.78 is 0. The number of rotatable bonds is 6. The van der Waals surface area contributed by atoms with Gasteiger partial charge in [-0.1, -0.05) is 36.2 Å². The van der Waals surface area contributed by atoms with E-state index in [-0.39, 0.29) is 24.7 Å². The van der Waals surface area contributed by atoms with E-state index in [1.807, 2.05) is 6.92 Å². The molecule has 0 aromatic heterocycles. The third-order valence-electron chi connectivity index (χ3n) is 2.24. The third-order valence-corrected chi connectivity index (χ3v) is 2.83. The molecular formula is C12H17Cl3N2O. The van der Waals surface area contributed by atoms with Gasteiger partial charge in [-0.15, -0.1) is 12.4 Å². The van der Waals surface area contributed by atoms with Crippen molar-refractivity contribution >= 4 is 41.5 Å². The van der Waals surface area contributed by atoms with Crippen LogP contribution in [0.3, 0.4) is 0 Å². The van der Waals surface area contributed by atoms with Crippen molar-refractivity contribution in [3.05, 3.63) is 33.8 Å². The first-order valence-electron chi connectivity index (χ1n) is 5.54. The molecule has 0 bridgehead atoms. The lowest BCUT2D eigenvalue weighted by atomic mass is 10.1. The number of halogens is 3. The van der Waals surface area contributed by atoms with Crippen LogP contribution < -0.4 is 10.6 Å². The molecule has 1 rings (SSSR count). The van der Waals surface area contributed by atoms with Crippen LogP contribution in [0.15, 0.2) is 18.2 Å². The quantitative estimate of drug-likeness (QED) is 0.793. The summed E-state index contributed by atoms with van der Waals surface area (Å²) in [5, 5.41) is 7.05. The average Bonchev–Trinajstić information content (AvgIpc) is 2.28. The summed E-state index contributed by atoms with van der Waals surface area (Å²) in [6.07, 6.45) is 0.280. The Morgan fingerprint density at radius 1 is 1.28 bits per heavy atom. The number of hydrogen-bond donors (Lipinski definition) is 2. The average molecular weight is 312 g/mol. The van der Waals surface area contributed by atoms with Crippen molar-refractivity contribution in [3.63, 3.8) is 0 Å². The van der Waals surface area contributed by atoms with Crippen molar-refractivity contribution in [3.8, 4) is 0 Å². The lowest BCUT2D eigenvalue weighted by Gasteiger charge is -2.07. The second kappa shape index (κ2) is 9.45. The second-order valence-electron chi connectivity index (χ2n) is 3.62. The number of hydrogen-bond acceptors (Lipinski definition) is 2. The molecule has 0 aliphatic rings. The van der Waals surface area contributed by atoms with Gasteiger partial charge in [0.25, 0.3) is 0 Å². The number of likely N-dealkylation sites (N-methyl/N-ethyl adjacent to an activating group) is 1. The fourth-order valence-electron chi connectivity index (χ4n) is 1.37. The molecule has 102 valence electrons. The molecule has 1 aromatic carbocycles. The van der Waals surface area contributed by atoms with Gasteiger partial charge in [0.15, 0.2) is 0 Å². The van der Waals surface area contributed by atoms with Crippen molar-refractivity contribution < 1.29 is 4.79 Å². The van der Waals surface area contributed by atoms with Crippen LogP contribution in [0, 0.1) is 0 Å². The Morgan fingerprint density at radius 3 is 2.61 bits per heavy atom. The van der Waals surface area contributed by atoms with Gasteiger partial charge in [0, 0.05) is 23.1 Å². The smallest absolute Gasteiger partial charge is 0.224 e. The van der Waals surface area contributed by atoms with Crippen molar-refractivity contribution in [1.82, 2.24) is 10.6 Å². The molecule has 0 unspecified atom stereocenters. The van der Waals surface area contributed by atoms with E-state index in [9.17, 15) is 4.79 Å². The molecule has 18 heavy (non-hydrogen) atoms. The zero-order valence-electron chi connectivity index (χ0n) is 10.1. The van der Waals surface area contributed by atoms with Crippen molar-refractivity contribution in [2.75, 3.05) is 19.6 Å². The Bertz CT molecular complexity index is 386. The molecular weight excluding hydrogens is 295 g/mol. The Balaban J connectivity index is 0.00000289. The highest BCUT2D eigenvalue weighted by molar-refractivity contribution is 6.35. The monoisotopic (exact) mass is 310 g/mol.